The summed E-state index contributed by atoms with van der Waals surface area (Å²) < 4.78 is 15.1. The van der Waals surface area contributed by atoms with Crippen LogP contribution < -0.4 is 0 Å². The third-order valence-electron chi connectivity index (χ3n) is 4.42. The molecule has 0 unspecified atom stereocenters. The smallest absolute Gasteiger partial charge is 0.220 e. The van der Waals surface area contributed by atoms with E-state index in [1.807, 2.05) is 24.3 Å². The molecule has 8 heteroatoms. The van der Waals surface area contributed by atoms with E-state index in [0.717, 1.165) is 5.56 Å². The van der Waals surface area contributed by atoms with Crippen molar-refractivity contribution >= 4 is 11.8 Å². The molecule has 0 N–H and O–H groups in total. The van der Waals surface area contributed by atoms with Crippen molar-refractivity contribution in [2.75, 3.05) is 6.54 Å². The second-order valence-electron chi connectivity index (χ2n) is 6.78. The Labute approximate surface area is 167 Å². The molecule has 0 aliphatic carbocycles. The molecular formula is C20H21FN4O2S. The molecule has 0 spiro atoms. The van der Waals surface area contributed by atoms with Gasteiger partial charge in [0.1, 0.15) is 16.9 Å². The fourth-order valence-electron chi connectivity index (χ4n) is 2.88. The summed E-state index contributed by atoms with van der Waals surface area (Å²) in [7, 11) is 0. The molecule has 0 radical (unpaired) electrons. The van der Waals surface area contributed by atoms with Crippen LogP contribution in [0.4, 0.5) is 4.39 Å². The van der Waals surface area contributed by atoms with Gasteiger partial charge in [0.2, 0.25) is 6.54 Å². The number of nitro groups is 1. The van der Waals surface area contributed by atoms with Crippen molar-refractivity contribution in [3.05, 3.63) is 81.4 Å². The highest BCUT2D eigenvalue weighted by Crippen LogP contribution is 2.36. The predicted octanol–water partition coefficient (Wildman–Crippen LogP) is 4.95. The number of hydrogen-bond acceptors (Lipinski definition) is 5. The zero-order chi connectivity index (χ0) is 20.3. The molecule has 0 fully saturated rings. The van der Waals surface area contributed by atoms with E-state index in [1.165, 1.54) is 29.5 Å². The van der Waals surface area contributed by atoms with Crippen molar-refractivity contribution in [1.82, 2.24) is 14.8 Å². The van der Waals surface area contributed by atoms with Crippen LogP contribution in [0.25, 0.3) is 5.69 Å². The Morgan fingerprint density at radius 2 is 1.68 bits per heavy atom. The SMILES string of the molecule is Cc1nnc(S[C@H](C[N+](=O)[O-])c2ccc(C(C)C)cc2)n1-c1ccc(F)cc1. The number of aromatic nitrogens is 3. The fraction of sp³-hybridized carbons (Fsp3) is 0.300. The maximum atomic E-state index is 13.3. The summed E-state index contributed by atoms with van der Waals surface area (Å²) in [4.78, 5) is 10.9. The van der Waals surface area contributed by atoms with Crippen molar-refractivity contribution < 1.29 is 9.31 Å². The Kier molecular flexibility index (Phi) is 6.08. The van der Waals surface area contributed by atoms with Gasteiger partial charge in [0.25, 0.3) is 0 Å². The van der Waals surface area contributed by atoms with E-state index in [4.69, 9.17) is 0 Å². The van der Waals surface area contributed by atoms with Crippen LogP contribution >= 0.6 is 11.8 Å². The Bertz CT molecular complexity index is 955. The van der Waals surface area contributed by atoms with Crippen LogP contribution in [-0.4, -0.2) is 26.2 Å². The van der Waals surface area contributed by atoms with E-state index in [1.54, 1.807) is 23.6 Å². The van der Waals surface area contributed by atoms with E-state index in [-0.39, 0.29) is 17.3 Å². The molecule has 0 aliphatic heterocycles. The van der Waals surface area contributed by atoms with Gasteiger partial charge < -0.3 is 0 Å². The van der Waals surface area contributed by atoms with Crippen LogP contribution in [0.2, 0.25) is 0 Å². The van der Waals surface area contributed by atoms with Crippen LogP contribution in [0.1, 0.15) is 42.0 Å². The lowest BCUT2D eigenvalue weighted by atomic mass is 10.0. The Balaban J connectivity index is 1.94. The second-order valence-corrected chi connectivity index (χ2v) is 7.95. The number of hydrogen-bond donors (Lipinski definition) is 0. The molecule has 0 amide bonds. The number of rotatable bonds is 7. The summed E-state index contributed by atoms with van der Waals surface area (Å²) in [6, 6.07) is 13.9. The van der Waals surface area contributed by atoms with E-state index < -0.39 is 5.25 Å². The highest BCUT2D eigenvalue weighted by atomic mass is 32.2. The first-order valence-corrected chi connectivity index (χ1v) is 9.79. The molecule has 2 aromatic carbocycles. The number of benzene rings is 2. The third kappa shape index (κ3) is 4.56. The zero-order valence-corrected chi connectivity index (χ0v) is 16.7. The van der Waals surface area contributed by atoms with Gasteiger partial charge in [-0.2, -0.15) is 0 Å². The molecule has 6 nitrogen and oxygen atoms in total. The largest absolute Gasteiger partial charge is 0.274 e. The topological polar surface area (TPSA) is 73.8 Å². The van der Waals surface area contributed by atoms with E-state index in [9.17, 15) is 14.5 Å². The third-order valence-corrected chi connectivity index (χ3v) is 5.60. The Hall–Kier alpha value is -2.74. The first-order chi connectivity index (χ1) is 13.3. The molecule has 1 aromatic heterocycles. The minimum absolute atomic E-state index is 0.235. The maximum Gasteiger partial charge on any atom is 0.220 e. The van der Waals surface area contributed by atoms with Crippen LogP contribution in [0, 0.1) is 22.9 Å². The van der Waals surface area contributed by atoms with Crippen LogP contribution in [-0.2, 0) is 0 Å². The van der Waals surface area contributed by atoms with Crippen molar-refractivity contribution in [2.24, 2.45) is 0 Å². The summed E-state index contributed by atoms with van der Waals surface area (Å²) in [5.41, 5.74) is 2.75. The van der Waals surface area contributed by atoms with Gasteiger partial charge in [-0.25, -0.2) is 4.39 Å². The van der Waals surface area contributed by atoms with Gasteiger partial charge in [0.05, 0.1) is 0 Å². The molecule has 28 heavy (non-hydrogen) atoms. The molecule has 146 valence electrons. The van der Waals surface area contributed by atoms with Crippen molar-refractivity contribution in [3.8, 4) is 5.69 Å². The average Bonchev–Trinajstić information content (AvgIpc) is 3.02. The summed E-state index contributed by atoms with van der Waals surface area (Å²) >= 11 is 1.28. The monoisotopic (exact) mass is 400 g/mol. The van der Waals surface area contributed by atoms with Crippen LogP contribution in [0.5, 0.6) is 0 Å². The minimum Gasteiger partial charge on any atom is -0.274 e. The predicted molar refractivity (Wildman–Crippen MR) is 107 cm³/mol. The maximum absolute atomic E-state index is 13.3. The lowest BCUT2D eigenvalue weighted by Gasteiger charge is -2.15. The van der Waals surface area contributed by atoms with E-state index >= 15 is 0 Å². The van der Waals surface area contributed by atoms with Crippen molar-refractivity contribution in [1.29, 1.82) is 0 Å². The molecule has 3 rings (SSSR count). The highest BCUT2D eigenvalue weighted by molar-refractivity contribution is 7.99. The lowest BCUT2D eigenvalue weighted by Crippen LogP contribution is -2.11. The quantitative estimate of drug-likeness (QED) is 0.319. The molecule has 0 aliphatic rings. The average molecular weight is 400 g/mol. The van der Waals surface area contributed by atoms with Gasteiger partial charge in [-0.1, -0.05) is 49.9 Å². The summed E-state index contributed by atoms with van der Waals surface area (Å²) in [6.45, 7) is 5.76. The van der Waals surface area contributed by atoms with Crippen LogP contribution in [0.3, 0.4) is 0 Å². The van der Waals surface area contributed by atoms with Gasteiger partial charge in [0.15, 0.2) is 5.16 Å². The number of thioether (sulfide) groups is 1. The van der Waals surface area contributed by atoms with E-state index in [0.29, 0.717) is 22.6 Å². The molecule has 3 aromatic rings. The first kappa shape index (κ1) is 20.0. The van der Waals surface area contributed by atoms with Crippen molar-refractivity contribution in [2.45, 2.75) is 37.1 Å². The van der Waals surface area contributed by atoms with Gasteiger partial charge >= 0.3 is 0 Å². The van der Waals surface area contributed by atoms with Gasteiger partial charge in [-0.15, -0.1) is 10.2 Å². The second kappa shape index (κ2) is 8.52. The zero-order valence-electron chi connectivity index (χ0n) is 15.9. The van der Waals surface area contributed by atoms with Gasteiger partial charge in [-0.3, -0.25) is 14.7 Å². The Morgan fingerprint density at radius 3 is 2.25 bits per heavy atom. The minimum atomic E-state index is -0.418. The van der Waals surface area contributed by atoms with Gasteiger partial charge in [-0.05, 0) is 48.2 Å². The number of aryl methyl sites for hydroxylation is 1. The molecular weight excluding hydrogens is 379 g/mol. The standard InChI is InChI=1S/C20H21FN4O2S/c1-13(2)15-4-6-16(7-5-15)19(12-24(26)27)28-20-23-22-14(3)25(20)18-10-8-17(21)9-11-18/h4-11,13,19H,12H2,1-3H3/t19-/m1/s1. The normalized spacial score (nSPS) is 12.3. The Morgan fingerprint density at radius 1 is 1.07 bits per heavy atom. The van der Waals surface area contributed by atoms with Gasteiger partial charge in [0, 0.05) is 10.6 Å². The summed E-state index contributed by atoms with van der Waals surface area (Å²) in [5, 5.41) is 19.7. The van der Waals surface area contributed by atoms with Crippen LogP contribution in [0.15, 0.2) is 53.7 Å². The van der Waals surface area contributed by atoms with E-state index in [2.05, 4.69) is 24.0 Å². The molecule has 1 atom stereocenters. The lowest BCUT2D eigenvalue weighted by molar-refractivity contribution is -0.479. The first-order valence-electron chi connectivity index (χ1n) is 8.91. The number of nitrogens with zero attached hydrogens (tertiary/aromatic N) is 4. The summed E-state index contributed by atoms with van der Waals surface area (Å²) in [5.74, 6) is 0.684. The fourth-order valence-corrected chi connectivity index (χ4v) is 4.05. The van der Waals surface area contributed by atoms with Crippen molar-refractivity contribution in [3.63, 3.8) is 0 Å². The molecule has 1 heterocycles. The molecule has 0 saturated carbocycles. The molecule has 0 bridgehead atoms. The highest BCUT2D eigenvalue weighted by Gasteiger charge is 2.24. The molecule has 0 saturated heterocycles. The summed E-state index contributed by atoms with van der Waals surface area (Å²) in [6.07, 6.45) is 0. The number of halogens is 1.